The van der Waals surface area contributed by atoms with Gasteiger partial charge in [-0.2, -0.15) is 0 Å². The van der Waals surface area contributed by atoms with E-state index in [4.69, 9.17) is 23.8 Å². The second-order valence-electron chi connectivity index (χ2n) is 9.21. The summed E-state index contributed by atoms with van der Waals surface area (Å²) in [4.78, 5) is 17.9. The quantitative estimate of drug-likeness (QED) is 0.0871. The van der Waals surface area contributed by atoms with Crippen LogP contribution in [0.1, 0.15) is 96.5 Å². The maximum atomic E-state index is 12.5. The van der Waals surface area contributed by atoms with Crippen LogP contribution in [0.25, 0.3) is 10.8 Å². The summed E-state index contributed by atoms with van der Waals surface area (Å²) in [6.07, 6.45) is 12.0. The molecule has 2 rings (SSSR count). The Morgan fingerprint density at radius 3 is 1.81 bits per heavy atom. The Bertz CT molecular complexity index is 1020. The van der Waals surface area contributed by atoms with E-state index in [0.717, 1.165) is 49.3 Å². The topological polar surface area (TPSA) is 75.6 Å². The maximum Gasteiger partial charge on any atom is 0.335 e. The molecular formula is C30H45NO6. The molecule has 0 aliphatic heterocycles. The molecule has 0 heterocycles. The second kappa shape index (κ2) is 16.7. The first kappa shape index (κ1) is 30.3. The van der Waals surface area contributed by atoms with E-state index in [9.17, 15) is 4.79 Å². The number of fused-ring (bicyclic) bond motifs is 1. The molecule has 0 aliphatic rings. The number of carbonyl (C=O) groups is 1. The smallest absolute Gasteiger partial charge is 0.335 e. The Kier molecular flexibility index (Phi) is 13.7. The SMILES string of the molecule is CCCCCCCCCC(=O)ON=C(CCCCC)c1cc(OC)c2c(OC)ccc(OC)c2c1OC. The number of carbonyl (C=O) groups excluding carboxylic acids is 1. The highest BCUT2D eigenvalue weighted by Crippen LogP contribution is 2.46. The van der Waals surface area contributed by atoms with Gasteiger partial charge in [-0.15, -0.1) is 0 Å². The number of rotatable bonds is 18. The van der Waals surface area contributed by atoms with Crippen LogP contribution in [0.4, 0.5) is 0 Å². The van der Waals surface area contributed by atoms with Crippen LogP contribution in [0, 0.1) is 0 Å². The van der Waals surface area contributed by atoms with Crippen molar-refractivity contribution in [3.05, 3.63) is 23.8 Å². The van der Waals surface area contributed by atoms with Gasteiger partial charge in [-0.1, -0.05) is 70.4 Å². The molecule has 0 radical (unpaired) electrons. The third-order valence-corrected chi connectivity index (χ3v) is 6.56. The summed E-state index contributed by atoms with van der Waals surface area (Å²) in [5.74, 6) is 2.12. The van der Waals surface area contributed by atoms with Gasteiger partial charge in [0.1, 0.15) is 23.0 Å². The van der Waals surface area contributed by atoms with E-state index in [2.05, 4.69) is 19.0 Å². The van der Waals surface area contributed by atoms with E-state index in [0.29, 0.717) is 47.1 Å². The Morgan fingerprint density at radius 1 is 0.676 bits per heavy atom. The average molecular weight is 516 g/mol. The molecule has 0 aliphatic carbocycles. The zero-order valence-corrected chi connectivity index (χ0v) is 23.6. The summed E-state index contributed by atoms with van der Waals surface area (Å²) in [6.45, 7) is 4.36. The summed E-state index contributed by atoms with van der Waals surface area (Å²) in [5, 5.41) is 5.82. The Labute approximate surface area is 222 Å². The van der Waals surface area contributed by atoms with Gasteiger partial charge in [-0.05, 0) is 37.5 Å². The number of hydrogen-bond donors (Lipinski definition) is 0. The molecule has 7 heteroatoms. The van der Waals surface area contributed by atoms with Crippen LogP contribution in [0.5, 0.6) is 23.0 Å². The van der Waals surface area contributed by atoms with Gasteiger partial charge in [0.05, 0.1) is 44.9 Å². The Hall–Kier alpha value is -2.96. The van der Waals surface area contributed by atoms with E-state index in [1.54, 1.807) is 28.4 Å². The van der Waals surface area contributed by atoms with Gasteiger partial charge in [-0.25, -0.2) is 4.79 Å². The standard InChI is InChI=1S/C30H45NO6/c1-7-9-11-12-13-14-16-18-27(32)37-31-23(17-15-10-8-2)22-21-26(35-5)28-24(33-3)19-20-25(34-4)29(28)30(22)36-6/h19-21H,7-18H2,1-6H3. The molecule has 0 fully saturated rings. The van der Waals surface area contributed by atoms with Crippen molar-refractivity contribution in [2.24, 2.45) is 5.16 Å². The number of hydrogen-bond acceptors (Lipinski definition) is 7. The third-order valence-electron chi connectivity index (χ3n) is 6.56. The number of unbranched alkanes of at least 4 members (excludes halogenated alkanes) is 8. The fourth-order valence-corrected chi connectivity index (χ4v) is 4.52. The largest absolute Gasteiger partial charge is 0.496 e. The highest BCUT2D eigenvalue weighted by atomic mass is 16.7. The summed E-state index contributed by atoms with van der Waals surface area (Å²) in [6, 6.07) is 5.55. The van der Waals surface area contributed by atoms with E-state index < -0.39 is 0 Å². The van der Waals surface area contributed by atoms with Crippen molar-refractivity contribution in [3.8, 4) is 23.0 Å². The number of ether oxygens (including phenoxy) is 4. The predicted molar refractivity (Wildman–Crippen MR) is 150 cm³/mol. The van der Waals surface area contributed by atoms with E-state index in [-0.39, 0.29) is 5.97 Å². The Morgan fingerprint density at radius 2 is 1.22 bits per heavy atom. The molecule has 206 valence electrons. The number of oxime groups is 1. The molecule has 0 saturated heterocycles. The normalized spacial score (nSPS) is 11.5. The van der Waals surface area contributed by atoms with Crippen LogP contribution >= 0.6 is 0 Å². The average Bonchev–Trinajstić information content (AvgIpc) is 2.92. The fraction of sp³-hybridized carbons (Fsp3) is 0.600. The van der Waals surface area contributed by atoms with Crippen molar-refractivity contribution in [2.45, 2.75) is 90.9 Å². The minimum atomic E-state index is -0.312. The number of benzene rings is 2. The molecular weight excluding hydrogens is 470 g/mol. The van der Waals surface area contributed by atoms with Gasteiger partial charge in [0.2, 0.25) is 0 Å². The zero-order chi connectivity index (χ0) is 27.0. The van der Waals surface area contributed by atoms with Crippen LogP contribution < -0.4 is 18.9 Å². The first-order valence-electron chi connectivity index (χ1n) is 13.6. The van der Waals surface area contributed by atoms with Crippen LogP contribution in [0.3, 0.4) is 0 Å². The summed E-state index contributed by atoms with van der Waals surface area (Å²) < 4.78 is 22.9. The molecule has 37 heavy (non-hydrogen) atoms. The second-order valence-corrected chi connectivity index (χ2v) is 9.21. The van der Waals surface area contributed by atoms with Crippen molar-refractivity contribution < 1.29 is 28.6 Å². The van der Waals surface area contributed by atoms with Crippen molar-refractivity contribution in [1.82, 2.24) is 0 Å². The molecule has 0 bridgehead atoms. The lowest BCUT2D eigenvalue weighted by Gasteiger charge is -2.19. The molecule has 2 aromatic rings. The number of methoxy groups -OCH3 is 4. The molecule has 2 aromatic carbocycles. The van der Waals surface area contributed by atoms with Crippen LogP contribution in [0.2, 0.25) is 0 Å². The molecule has 0 amide bonds. The zero-order valence-electron chi connectivity index (χ0n) is 23.6. The lowest BCUT2D eigenvalue weighted by molar-refractivity contribution is -0.143. The molecule has 0 aromatic heterocycles. The first-order chi connectivity index (χ1) is 18.1. The minimum Gasteiger partial charge on any atom is -0.496 e. The van der Waals surface area contributed by atoms with Gasteiger partial charge in [0.15, 0.2) is 0 Å². The molecule has 7 nitrogen and oxygen atoms in total. The first-order valence-corrected chi connectivity index (χ1v) is 13.6. The predicted octanol–water partition coefficient (Wildman–Crippen LogP) is 7.84. The monoisotopic (exact) mass is 515 g/mol. The van der Waals surface area contributed by atoms with Crippen molar-refractivity contribution in [2.75, 3.05) is 28.4 Å². The minimum absolute atomic E-state index is 0.312. The highest BCUT2D eigenvalue weighted by Gasteiger charge is 2.24. The number of nitrogens with zero attached hydrogens (tertiary/aromatic N) is 1. The fourth-order valence-electron chi connectivity index (χ4n) is 4.52. The lowest BCUT2D eigenvalue weighted by Crippen LogP contribution is -2.09. The highest BCUT2D eigenvalue weighted by molar-refractivity contribution is 6.12. The van der Waals surface area contributed by atoms with Crippen LogP contribution in [-0.4, -0.2) is 40.1 Å². The lowest BCUT2D eigenvalue weighted by atomic mass is 9.97. The van der Waals surface area contributed by atoms with Gasteiger partial charge >= 0.3 is 5.97 Å². The summed E-state index contributed by atoms with van der Waals surface area (Å²) in [7, 11) is 6.45. The van der Waals surface area contributed by atoms with Crippen LogP contribution in [-0.2, 0) is 9.63 Å². The molecule has 0 N–H and O–H groups in total. The summed E-state index contributed by atoms with van der Waals surface area (Å²) >= 11 is 0. The van der Waals surface area contributed by atoms with E-state index >= 15 is 0 Å². The van der Waals surface area contributed by atoms with Crippen molar-refractivity contribution >= 4 is 22.5 Å². The third kappa shape index (κ3) is 8.54. The van der Waals surface area contributed by atoms with Gasteiger partial charge in [0, 0.05) is 12.0 Å². The Balaban J connectivity index is 2.37. The van der Waals surface area contributed by atoms with Gasteiger partial charge in [0.25, 0.3) is 0 Å². The van der Waals surface area contributed by atoms with Gasteiger partial charge < -0.3 is 23.8 Å². The maximum absolute atomic E-state index is 12.5. The molecule has 0 unspecified atom stereocenters. The molecule has 0 atom stereocenters. The van der Waals surface area contributed by atoms with Crippen molar-refractivity contribution in [1.29, 1.82) is 0 Å². The van der Waals surface area contributed by atoms with Crippen LogP contribution in [0.15, 0.2) is 23.4 Å². The van der Waals surface area contributed by atoms with E-state index in [1.807, 2.05) is 18.2 Å². The molecule has 0 saturated carbocycles. The molecule has 0 spiro atoms. The van der Waals surface area contributed by atoms with Gasteiger partial charge in [-0.3, -0.25) is 0 Å². The summed E-state index contributed by atoms with van der Waals surface area (Å²) in [5.41, 5.74) is 1.35. The van der Waals surface area contributed by atoms with Crippen molar-refractivity contribution in [3.63, 3.8) is 0 Å². The van der Waals surface area contributed by atoms with E-state index in [1.165, 1.54) is 25.7 Å².